The van der Waals surface area contributed by atoms with Gasteiger partial charge in [0.1, 0.15) is 0 Å². The summed E-state index contributed by atoms with van der Waals surface area (Å²) in [6.45, 7) is 0. The minimum atomic E-state index is -0.257. The number of nitrogens with zero attached hydrogens (tertiary/aromatic N) is 1. The van der Waals surface area contributed by atoms with Gasteiger partial charge in [-0.3, -0.25) is 4.79 Å². The van der Waals surface area contributed by atoms with E-state index in [1.54, 1.807) is 43.6 Å². The average Bonchev–Trinajstić information content (AvgIpc) is 2.34. The van der Waals surface area contributed by atoms with Crippen molar-refractivity contribution in [2.75, 3.05) is 7.05 Å². The number of halogens is 1. The van der Waals surface area contributed by atoms with Gasteiger partial charge in [-0.2, -0.15) is 0 Å². The summed E-state index contributed by atoms with van der Waals surface area (Å²) in [6.07, 6.45) is 4.70. The van der Waals surface area contributed by atoms with Gasteiger partial charge in [0.15, 0.2) is 5.78 Å². The Bertz CT molecular complexity index is 547. The molecule has 18 heavy (non-hydrogen) atoms. The van der Waals surface area contributed by atoms with E-state index in [4.69, 9.17) is 0 Å². The van der Waals surface area contributed by atoms with Gasteiger partial charge in [-0.05, 0) is 30.3 Å². The normalized spacial score (nSPS) is 16.9. The molecule has 92 valence electrons. The zero-order chi connectivity index (χ0) is 13.1. The Morgan fingerprint density at radius 2 is 2.00 bits per heavy atom. The molecule has 4 nitrogen and oxygen atoms in total. The molecule has 0 fully saturated rings. The molecule has 1 aliphatic rings. The molecule has 5 heteroatoms. The lowest BCUT2D eigenvalue weighted by Crippen LogP contribution is -2.36. The minimum absolute atomic E-state index is 0.146. The third-order valence-electron chi connectivity index (χ3n) is 2.46. The summed E-state index contributed by atoms with van der Waals surface area (Å²) in [5, 5.41) is 2.61. The number of carbonyl (C=O) groups excluding carboxylic acids is 2. The van der Waals surface area contributed by atoms with Crippen LogP contribution < -0.4 is 5.32 Å². The molecule has 0 atom stereocenters. The van der Waals surface area contributed by atoms with Crippen molar-refractivity contribution < 1.29 is 9.59 Å². The summed E-state index contributed by atoms with van der Waals surface area (Å²) in [4.78, 5) is 24.7. The van der Waals surface area contributed by atoms with E-state index < -0.39 is 0 Å². The molecule has 1 aromatic carbocycles. The molecule has 1 heterocycles. The zero-order valence-electron chi connectivity index (χ0n) is 9.68. The second-order valence-electron chi connectivity index (χ2n) is 3.83. The summed E-state index contributed by atoms with van der Waals surface area (Å²) in [5.74, 6) is -0.146. The first kappa shape index (κ1) is 12.6. The van der Waals surface area contributed by atoms with Gasteiger partial charge in [0.2, 0.25) is 0 Å². The predicted molar refractivity (Wildman–Crippen MR) is 72.0 cm³/mol. The monoisotopic (exact) mass is 306 g/mol. The maximum atomic E-state index is 11.9. The van der Waals surface area contributed by atoms with E-state index in [1.165, 1.54) is 11.0 Å². The molecule has 1 aliphatic heterocycles. The Morgan fingerprint density at radius 3 is 2.61 bits per heavy atom. The number of urea groups is 1. The highest BCUT2D eigenvalue weighted by atomic mass is 79.9. The number of amides is 2. The topological polar surface area (TPSA) is 49.4 Å². The highest BCUT2D eigenvalue weighted by Crippen LogP contribution is 2.12. The second-order valence-corrected chi connectivity index (χ2v) is 4.74. The van der Waals surface area contributed by atoms with Crippen LogP contribution in [0.5, 0.6) is 0 Å². The van der Waals surface area contributed by atoms with E-state index in [2.05, 4.69) is 21.2 Å². The molecule has 0 saturated carbocycles. The van der Waals surface area contributed by atoms with Crippen LogP contribution in [-0.4, -0.2) is 23.8 Å². The van der Waals surface area contributed by atoms with Gasteiger partial charge in [-0.25, -0.2) is 4.79 Å². The number of benzene rings is 1. The lowest BCUT2D eigenvalue weighted by atomic mass is 10.1. The van der Waals surface area contributed by atoms with Crippen LogP contribution in [0.2, 0.25) is 0 Å². The smallest absolute Gasteiger partial charge is 0.307 e. The van der Waals surface area contributed by atoms with Gasteiger partial charge >= 0.3 is 6.03 Å². The Morgan fingerprint density at radius 1 is 1.33 bits per heavy atom. The highest BCUT2D eigenvalue weighted by Gasteiger charge is 2.13. The van der Waals surface area contributed by atoms with Crippen LogP contribution in [0.15, 0.2) is 52.8 Å². The number of rotatable bonds is 2. The van der Waals surface area contributed by atoms with E-state index in [1.807, 2.05) is 0 Å². The van der Waals surface area contributed by atoms with E-state index >= 15 is 0 Å². The van der Waals surface area contributed by atoms with E-state index in [-0.39, 0.29) is 11.8 Å². The first-order chi connectivity index (χ1) is 8.56. The van der Waals surface area contributed by atoms with E-state index in [0.29, 0.717) is 11.3 Å². The number of ketones is 1. The van der Waals surface area contributed by atoms with Crippen LogP contribution in [0.25, 0.3) is 0 Å². The van der Waals surface area contributed by atoms with Crippen molar-refractivity contribution in [3.05, 3.63) is 58.4 Å². The molecule has 0 aromatic heterocycles. The standard InChI is InChI=1S/C13H11BrN2O2/c1-16-7-6-11(15-13(16)18)8-12(17)9-2-4-10(14)5-3-9/h2-8H,1H3,(H,15,18). The van der Waals surface area contributed by atoms with Crippen molar-refractivity contribution >= 4 is 27.7 Å². The Kier molecular flexibility index (Phi) is 3.62. The summed E-state index contributed by atoms with van der Waals surface area (Å²) >= 11 is 3.31. The molecular formula is C13H11BrN2O2. The van der Waals surface area contributed by atoms with Crippen LogP contribution in [0.4, 0.5) is 4.79 Å². The number of allylic oxidation sites excluding steroid dienone is 2. The van der Waals surface area contributed by atoms with Crippen molar-refractivity contribution in [2.45, 2.75) is 0 Å². The van der Waals surface area contributed by atoms with Crippen LogP contribution >= 0.6 is 15.9 Å². The van der Waals surface area contributed by atoms with Gasteiger partial charge in [-0.1, -0.05) is 15.9 Å². The third-order valence-corrected chi connectivity index (χ3v) is 2.99. The van der Waals surface area contributed by atoms with Crippen LogP contribution in [0, 0.1) is 0 Å². The summed E-state index contributed by atoms with van der Waals surface area (Å²) in [6, 6.07) is 6.80. The van der Waals surface area contributed by atoms with Crippen molar-refractivity contribution in [1.82, 2.24) is 10.2 Å². The molecule has 1 N–H and O–H groups in total. The Hall–Kier alpha value is -1.88. The maximum Gasteiger partial charge on any atom is 0.325 e. The fraction of sp³-hybridized carbons (Fsp3) is 0.0769. The Labute approximate surface area is 113 Å². The summed E-state index contributed by atoms with van der Waals surface area (Å²) in [5.41, 5.74) is 1.07. The predicted octanol–water partition coefficient (Wildman–Crippen LogP) is 2.68. The van der Waals surface area contributed by atoms with Crippen molar-refractivity contribution in [2.24, 2.45) is 0 Å². The molecule has 0 spiro atoms. The quantitative estimate of drug-likeness (QED) is 0.674. The van der Waals surface area contributed by atoms with Crippen molar-refractivity contribution in [3.8, 4) is 0 Å². The molecule has 2 rings (SSSR count). The lowest BCUT2D eigenvalue weighted by Gasteiger charge is -2.18. The van der Waals surface area contributed by atoms with Crippen LogP contribution in [0.1, 0.15) is 10.4 Å². The van der Waals surface area contributed by atoms with Gasteiger partial charge in [0.25, 0.3) is 0 Å². The molecule has 0 saturated heterocycles. The largest absolute Gasteiger partial charge is 0.325 e. The SMILES string of the molecule is CN1C=CC(=CC(=O)c2ccc(Br)cc2)NC1=O. The molecule has 0 unspecified atom stereocenters. The highest BCUT2D eigenvalue weighted by molar-refractivity contribution is 9.10. The van der Waals surface area contributed by atoms with E-state index in [9.17, 15) is 9.59 Å². The van der Waals surface area contributed by atoms with E-state index in [0.717, 1.165) is 4.47 Å². The lowest BCUT2D eigenvalue weighted by molar-refractivity contribution is 0.104. The fourth-order valence-electron chi connectivity index (χ4n) is 1.44. The van der Waals surface area contributed by atoms with Crippen LogP contribution in [-0.2, 0) is 0 Å². The molecular weight excluding hydrogens is 296 g/mol. The minimum Gasteiger partial charge on any atom is -0.307 e. The molecule has 1 aromatic rings. The van der Waals surface area contributed by atoms with Crippen molar-refractivity contribution in [3.63, 3.8) is 0 Å². The number of carbonyl (C=O) groups is 2. The van der Waals surface area contributed by atoms with Gasteiger partial charge in [-0.15, -0.1) is 0 Å². The Balaban J connectivity index is 2.18. The number of hydrogen-bond donors (Lipinski definition) is 1. The second kappa shape index (κ2) is 5.18. The molecule has 0 radical (unpaired) electrons. The molecule has 0 aliphatic carbocycles. The zero-order valence-corrected chi connectivity index (χ0v) is 11.3. The third kappa shape index (κ3) is 2.87. The first-order valence-corrected chi connectivity index (χ1v) is 6.09. The molecule has 0 bridgehead atoms. The summed E-state index contributed by atoms with van der Waals surface area (Å²) in [7, 11) is 1.64. The first-order valence-electron chi connectivity index (χ1n) is 5.30. The van der Waals surface area contributed by atoms with Gasteiger partial charge in [0.05, 0.1) is 0 Å². The van der Waals surface area contributed by atoms with Gasteiger partial charge in [0, 0.05) is 35.1 Å². The number of hydrogen-bond acceptors (Lipinski definition) is 2. The van der Waals surface area contributed by atoms with Crippen LogP contribution in [0.3, 0.4) is 0 Å². The molecule has 2 amide bonds. The number of nitrogens with one attached hydrogen (secondary N) is 1. The van der Waals surface area contributed by atoms with Crippen molar-refractivity contribution in [1.29, 1.82) is 0 Å². The average molecular weight is 307 g/mol. The summed E-state index contributed by atoms with van der Waals surface area (Å²) < 4.78 is 0.916. The fourth-order valence-corrected chi connectivity index (χ4v) is 1.70. The van der Waals surface area contributed by atoms with Gasteiger partial charge < -0.3 is 10.2 Å². The maximum absolute atomic E-state index is 11.9.